The number of thiazole rings is 1. The van der Waals surface area contributed by atoms with Crippen molar-refractivity contribution in [3.63, 3.8) is 0 Å². The van der Waals surface area contributed by atoms with Gasteiger partial charge in [-0.1, -0.05) is 5.16 Å². The SMILES string of the molecule is CON=C(C(=O)N[C@@H]1C(=O)N2C=C(C[n+]3ccc(-c4cnco4)cc3)CS[C@@H]12)c1csc(N)n1. The zero-order valence-corrected chi connectivity index (χ0v) is 19.6. The molecule has 3 aromatic rings. The number of nitrogens with zero attached hydrogens (tertiary/aromatic N) is 5. The fraction of sp³-hybridized carbons (Fsp3) is 0.238. The molecule has 0 aromatic carbocycles. The number of fused-ring (bicyclic) bond motifs is 1. The van der Waals surface area contributed by atoms with Gasteiger partial charge in [0.1, 0.15) is 24.2 Å². The second-order valence-corrected chi connectivity index (χ2v) is 9.50. The van der Waals surface area contributed by atoms with Crippen molar-refractivity contribution < 1.29 is 23.4 Å². The molecule has 0 spiro atoms. The standard InChI is InChI=1S/C21H19N7O4S2/c1-31-26-16(14-10-34-21(22)24-14)18(29)25-17-19(30)28-8-12(9-33-20(17)28)7-27-4-2-13(3-5-27)15-6-23-11-32-15/h2-6,8,10-11,17,20H,7,9H2,1H3,(H2-,22,24,25,29)/p+1/t17-,20+/m1/s1. The summed E-state index contributed by atoms with van der Waals surface area (Å²) in [7, 11) is 1.34. The second-order valence-electron chi connectivity index (χ2n) is 7.50. The minimum atomic E-state index is -0.651. The second kappa shape index (κ2) is 9.27. The molecular weight excluding hydrogens is 478 g/mol. The minimum absolute atomic E-state index is 0.0242. The number of oxime groups is 1. The van der Waals surface area contributed by atoms with Gasteiger partial charge in [-0.15, -0.1) is 23.1 Å². The molecule has 1 saturated heterocycles. The predicted octanol–water partition coefficient (Wildman–Crippen LogP) is 1.00. The lowest BCUT2D eigenvalue weighted by atomic mass is 10.1. The Morgan fingerprint density at radius 2 is 2.26 bits per heavy atom. The van der Waals surface area contributed by atoms with Gasteiger partial charge in [0.15, 0.2) is 41.9 Å². The molecule has 1 fully saturated rings. The average molecular weight is 499 g/mol. The average Bonchev–Trinajstić information content (AvgIpc) is 3.53. The Hall–Kier alpha value is -3.71. The van der Waals surface area contributed by atoms with Crippen molar-refractivity contribution in [1.82, 2.24) is 20.2 Å². The van der Waals surface area contributed by atoms with E-state index in [1.807, 2.05) is 35.3 Å². The van der Waals surface area contributed by atoms with Gasteiger partial charge in [-0.3, -0.25) is 9.59 Å². The van der Waals surface area contributed by atoms with Gasteiger partial charge in [-0.2, -0.15) is 0 Å². The number of hydrogen-bond acceptors (Lipinski definition) is 10. The van der Waals surface area contributed by atoms with Crippen LogP contribution in [0.1, 0.15) is 5.69 Å². The van der Waals surface area contributed by atoms with Crippen LogP contribution in [0.2, 0.25) is 0 Å². The summed E-state index contributed by atoms with van der Waals surface area (Å²) in [5, 5.41) is 8.27. The van der Waals surface area contributed by atoms with Crippen molar-refractivity contribution in [1.29, 1.82) is 0 Å². The van der Waals surface area contributed by atoms with Crippen molar-refractivity contribution in [2.75, 3.05) is 18.6 Å². The van der Waals surface area contributed by atoms with Gasteiger partial charge < -0.3 is 25.2 Å². The van der Waals surface area contributed by atoms with Crippen molar-refractivity contribution in [3.8, 4) is 11.3 Å². The zero-order valence-electron chi connectivity index (χ0n) is 18.0. The third-order valence-corrected chi connectivity index (χ3v) is 7.34. The molecule has 0 bridgehead atoms. The number of thioether (sulfide) groups is 1. The summed E-state index contributed by atoms with van der Waals surface area (Å²) in [6.45, 7) is 0.646. The predicted molar refractivity (Wildman–Crippen MR) is 125 cm³/mol. The van der Waals surface area contributed by atoms with Gasteiger partial charge in [0.25, 0.3) is 11.8 Å². The summed E-state index contributed by atoms with van der Waals surface area (Å²) in [5.74, 6) is 0.726. The number of oxazole rings is 1. The summed E-state index contributed by atoms with van der Waals surface area (Å²) in [5.41, 5.74) is 7.97. The number of β-lactam (4-membered cyclic amide) rings is 1. The van der Waals surface area contributed by atoms with Gasteiger partial charge in [-0.05, 0) is 0 Å². The van der Waals surface area contributed by atoms with Crippen molar-refractivity contribution >= 4 is 45.8 Å². The van der Waals surface area contributed by atoms with E-state index in [2.05, 4.69) is 20.4 Å². The van der Waals surface area contributed by atoms with Gasteiger partial charge in [-0.25, -0.2) is 14.5 Å². The highest BCUT2D eigenvalue weighted by atomic mass is 32.2. The van der Waals surface area contributed by atoms with E-state index in [9.17, 15) is 9.59 Å². The summed E-state index contributed by atoms with van der Waals surface area (Å²) in [4.78, 5) is 40.0. The van der Waals surface area contributed by atoms with Crippen LogP contribution >= 0.6 is 23.1 Å². The maximum absolute atomic E-state index is 12.8. The third-order valence-electron chi connectivity index (χ3n) is 5.28. The van der Waals surface area contributed by atoms with Crippen LogP contribution in [0.5, 0.6) is 0 Å². The highest BCUT2D eigenvalue weighted by molar-refractivity contribution is 8.00. The number of nitrogens with two attached hydrogens (primary N) is 1. The fourth-order valence-corrected chi connectivity index (χ4v) is 5.47. The Morgan fingerprint density at radius 1 is 1.44 bits per heavy atom. The summed E-state index contributed by atoms with van der Waals surface area (Å²) in [6.07, 6.45) is 8.85. The first-order valence-corrected chi connectivity index (χ1v) is 12.1. The molecule has 2 aliphatic rings. The molecule has 174 valence electrons. The first kappa shape index (κ1) is 22.1. The number of hydrogen-bond donors (Lipinski definition) is 2. The lowest BCUT2D eigenvalue weighted by Crippen LogP contribution is -2.69. The first-order chi connectivity index (χ1) is 16.5. The molecule has 0 radical (unpaired) electrons. The van der Waals surface area contributed by atoms with Crippen LogP contribution in [0.4, 0.5) is 5.13 Å². The monoisotopic (exact) mass is 498 g/mol. The number of nitrogens with one attached hydrogen (secondary N) is 1. The van der Waals surface area contributed by atoms with Gasteiger partial charge in [0, 0.05) is 40.6 Å². The Balaban J connectivity index is 1.22. The Labute approximate surface area is 202 Å². The molecule has 2 aliphatic heterocycles. The number of nitrogen functional groups attached to an aromatic ring is 1. The van der Waals surface area contributed by atoms with Crippen LogP contribution in [-0.2, 0) is 21.0 Å². The van der Waals surface area contributed by atoms with Crippen LogP contribution in [-0.4, -0.2) is 56.7 Å². The van der Waals surface area contributed by atoms with Gasteiger partial charge in [0.05, 0.1) is 6.20 Å². The Kier molecular flexibility index (Phi) is 6.02. The van der Waals surface area contributed by atoms with E-state index in [1.165, 1.54) is 24.8 Å². The molecule has 5 rings (SSSR count). The smallest absolute Gasteiger partial charge is 0.276 e. The number of pyridine rings is 1. The summed E-state index contributed by atoms with van der Waals surface area (Å²) in [6, 6.07) is 3.26. The molecule has 2 amide bonds. The molecule has 3 aromatic heterocycles. The molecule has 0 aliphatic carbocycles. The molecular formula is C21H20N7O4S2+. The number of anilines is 1. The zero-order chi connectivity index (χ0) is 23.7. The molecule has 3 N–H and O–H groups in total. The molecule has 0 unspecified atom stereocenters. The molecule has 5 heterocycles. The van der Waals surface area contributed by atoms with Gasteiger partial charge in [0.2, 0.25) is 0 Å². The quantitative estimate of drug-likeness (QED) is 0.213. The first-order valence-electron chi connectivity index (χ1n) is 10.2. The minimum Gasteiger partial charge on any atom is -0.444 e. The van der Waals surface area contributed by atoms with Crippen LogP contribution in [0, 0.1) is 0 Å². The van der Waals surface area contributed by atoms with Crippen molar-refractivity contribution in [2.24, 2.45) is 5.16 Å². The van der Waals surface area contributed by atoms with Gasteiger partial charge >= 0.3 is 0 Å². The van der Waals surface area contributed by atoms with Crippen molar-refractivity contribution in [3.05, 3.63) is 60.0 Å². The number of amides is 2. The summed E-state index contributed by atoms with van der Waals surface area (Å²) < 4.78 is 7.35. The van der Waals surface area contributed by atoms with Crippen LogP contribution in [0.25, 0.3) is 11.3 Å². The normalized spacial score (nSPS) is 19.8. The van der Waals surface area contributed by atoms with Crippen LogP contribution in [0.3, 0.4) is 0 Å². The fourth-order valence-electron chi connectivity index (χ4n) is 3.67. The molecule has 13 heteroatoms. The number of carbonyl (C=O) groups is 2. The number of carbonyl (C=O) groups excluding carboxylic acids is 2. The van der Waals surface area contributed by atoms with E-state index in [0.29, 0.717) is 23.1 Å². The molecule has 34 heavy (non-hydrogen) atoms. The van der Waals surface area contributed by atoms with E-state index in [0.717, 1.165) is 16.9 Å². The molecule has 11 nitrogen and oxygen atoms in total. The van der Waals surface area contributed by atoms with E-state index in [-0.39, 0.29) is 17.0 Å². The van der Waals surface area contributed by atoms with E-state index < -0.39 is 11.9 Å². The lowest BCUT2D eigenvalue weighted by Gasteiger charge is -2.47. The highest BCUT2D eigenvalue weighted by Crippen LogP contribution is 2.36. The van der Waals surface area contributed by atoms with E-state index in [1.54, 1.807) is 28.2 Å². The van der Waals surface area contributed by atoms with Crippen molar-refractivity contribution in [2.45, 2.75) is 18.0 Å². The van der Waals surface area contributed by atoms with Crippen LogP contribution in [0.15, 0.2) is 63.8 Å². The van der Waals surface area contributed by atoms with E-state index in [4.69, 9.17) is 15.0 Å². The number of rotatable bonds is 7. The highest BCUT2D eigenvalue weighted by Gasteiger charge is 2.50. The topological polar surface area (TPSA) is 140 Å². The van der Waals surface area contributed by atoms with Crippen LogP contribution < -0.4 is 15.6 Å². The van der Waals surface area contributed by atoms with E-state index >= 15 is 0 Å². The largest absolute Gasteiger partial charge is 0.444 e. The third kappa shape index (κ3) is 4.26. The summed E-state index contributed by atoms with van der Waals surface area (Å²) >= 11 is 2.79. The molecule has 0 saturated carbocycles. The molecule has 2 atom stereocenters. The Morgan fingerprint density at radius 3 is 2.94 bits per heavy atom. The number of aromatic nitrogens is 3. The lowest BCUT2D eigenvalue weighted by molar-refractivity contribution is -0.688. The maximum atomic E-state index is 12.8. The Bertz CT molecular complexity index is 1270. The maximum Gasteiger partial charge on any atom is 0.276 e.